The van der Waals surface area contributed by atoms with Gasteiger partial charge in [0.05, 0.1) is 0 Å². The zero-order valence-corrected chi connectivity index (χ0v) is 8.78. The lowest BCUT2D eigenvalue weighted by Gasteiger charge is -2.03. The summed E-state index contributed by atoms with van der Waals surface area (Å²) in [6.45, 7) is 1.92. The fourth-order valence-corrected chi connectivity index (χ4v) is 2.56. The van der Waals surface area contributed by atoms with E-state index in [9.17, 15) is 4.79 Å². The first-order valence-corrected chi connectivity index (χ1v) is 5.21. The predicted octanol–water partition coefficient (Wildman–Crippen LogP) is 3.31. The molecule has 0 unspecified atom stereocenters. The molecule has 0 radical (unpaired) electrons. The van der Waals surface area contributed by atoms with Crippen LogP contribution < -0.4 is 0 Å². The van der Waals surface area contributed by atoms with E-state index in [1.54, 1.807) is 11.3 Å². The molecule has 1 heterocycles. The Morgan fingerprint density at radius 2 is 2.31 bits per heavy atom. The maximum Gasteiger partial charge on any atom is 0.151 e. The summed E-state index contributed by atoms with van der Waals surface area (Å²) in [6, 6.07) is 3.98. The van der Waals surface area contributed by atoms with Crippen molar-refractivity contribution in [2.45, 2.75) is 11.8 Å². The lowest BCUT2D eigenvalue weighted by Crippen LogP contribution is -1.88. The van der Waals surface area contributed by atoms with Gasteiger partial charge in [0.15, 0.2) is 6.29 Å². The van der Waals surface area contributed by atoms with Crippen molar-refractivity contribution in [3.05, 3.63) is 28.6 Å². The van der Waals surface area contributed by atoms with Gasteiger partial charge >= 0.3 is 0 Å². The molecule has 0 aliphatic heterocycles. The molecule has 0 fully saturated rings. The van der Waals surface area contributed by atoms with Gasteiger partial charge in [-0.3, -0.25) is 4.79 Å². The monoisotopic (exact) mass is 208 g/mol. The van der Waals surface area contributed by atoms with Crippen LogP contribution in [0.5, 0.6) is 0 Å². The van der Waals surface area contributed by atoms with Gasteiger partial charge in [-0.15, -0.1) is 24.0 Å². The molecule has 0 N–H and O–H groups in total. The number of hydrogen-bond donors (Lipinski definition) is 1. The fourth-order valence-electron chi connectivity index (χ4n) is 1.38. The minimum atomic E-state index is 0.767. The van der Waals surface area contributed by atoms with E-state index >= 15 is 0 Å². The Morgan fingerprint density at radius 1 is 1.54 bits per heavy atom. The van der Waals surface area contributed by atoms with Crippen molar-refractivity contribution in [1.29, 1.82) is 0 Å². The van der Waals surface area contributed by atoms with E-state index in [0.29, 0.717) is 0 Å². The highest BCUT2D eigenvalue weighted by molar-refractivity contribution is 7.80. The van der Waals surface area contributed by atoms with Crippen LogP contribution in [-0.2, 0) is 0 Å². The highest BCUT2D eigenvalue weighted by atomic mass is 32.1. The standard InChI is InChI=1S/C10H8OS2/c1-6-8(5-11)7-2-3-13-10(7)4-9(6)12/h2-5,12H,1H3. The van der Waals surface area contributed by atoms with Crippen LogP contribution in [0.2, 0.25) is 0 Å². The molecule has 2 aromatic rings. The number of rotatable bonds is 1. The van der Waals surface area contributed by atoms with Gasteiger partial charge in [-0.05, 0) is 30.0 Å². The number of carbonyl (C=O) groups excluding carboxylic acids is 1. The molecule has 0 saturated carbocycles. The molecule has 3 heteroatoms. The first-order chi connectivity index (χ1) is 6.24. The Kier molecular flexibility index (Phi) is 2.14. The molecular formula is C10H8OS2. The summed E-state index contributed by atoms with van der Waals surface area (Å²) >= 11 is 5.95. The lowest BCUT2D eigenvalue weighted by molar-refractivity contribution is 0.112. The van der Waals surface area contributed by atoms with Crippen LogP contribution in [-0.4, -0.2) is 6.29 Å². The molecule has 1 nitrogen and oxygen atoms in total. The average Bonchev–Trinajstić information content (AvgIpc) is 2.54. The van der Waals surface area contributed by atoms with Gasteiger partial charge in [0.25, 0.3) is 0 Å². The second-order valence-corrected chi connectivity index (χ2v) is 4.31. The van der Waals surface area contributed by atoms with Crippen LogP contribution in [0, 0.1) is 6.92 Å². The molecule has 2 rings (SSSR count). The van der Waals surface area contributed by atoms with Gasteiger partial charge in [0, 0.05) is 20.5 Å². The molecule has 0 saturated heterocycles. The predicted molar refractivity (Wildman–Crippen MR) is 59.2 cm³/mol. The number of hydrogen-bond acceptors (Lipinski definition) is 3. The molecule has 0 atom stereocenters. The highest BCUT2D eigenvalue weighted by Gasteiger charge is 2.07. The maximum absolute atomic E-state index is 10.9. The minimum absolute atomic E-state index is 0.767. The Balaban J connectivity index is 2.95. The van der Waals surface area contributed by atoms with Crippen molar-refractivity contribution in [3.8, 4) is 0 Å². The zero-order valence-electron chi connectivity index (χ0n) is 7.07. The third-order valence-electron chi connectivity index (χ3n) is 2.16. The van der Waals surface area contributed by atoms with Gasteiger partial charge < -0.3 is 0 Å². The molecular weight excluding hydrogens is 200 g/mol. The smallest absolute Gasteiger partial charge is 0.151 e. The van der Waals surface area contributed by atoms with E-state index in [2.05, 4.69) is 12.6 Å². The Labute approximate surface area is 85.8 Å². The van der Waals surface area contributed by atoms with Crippen molar-refractivity contribution >= 4 is 40.3 Å². The molecule has 1 aromatic carbocycles. The summed E-state index contributed by atoms with van der Waals surface area (Å²) in [6.07, 6.45) is 0.907. The van der Waals surface area contributed by atoms with E-state index in [1.807, 2.05) is 24.4 Å². The van der Waals surface area contributed by atoms with E-state index < -0.39 is 0 Å². The van der Waals surface area contributed by atoms with E-state index in [-0.39, 0.29) is 0 Å². The molecule has 0 amide bonds. The number of carbonyl (C=O) groups is 1. The van der Waals surface area contributed by atoms with Crippen LogP contribution in [0.25, 0.3) is 10.1 Å². The SMILES string of the molecule is Cc1c(S)cc2sccc2c1C=O. The average molecular weight is 208 g/mol. The van der Waals surface area contributed by atoms with Gasteiger partial charge in [0.1, 0.15) is 0 Å². The number of fused-ring (bicyclic) bond motifs is 1. The quantitative estimate of drug-likeness (QED) is 0.562. The third-order valence-corrected chi connectivity index (χ3v) is 3.49. The molecule has 1 aromatic heterocycles. The normalized spacial score (nSPS) is 10.6. The number of aldehydes is 1. The lowest BCUT2D eigenvalue weighted by atomic mass is 10.1. The first-order valence-electron chi connectivity index (χ1n) is 3.89. The van der Waals surface area contributed by atoms with Gasteiger partial charge in [-0.25, -0.2) is 0 Å². The summed E-state index contributed by atoms with van der Waals surface area (Å²) in [5, 5.41) is 3.03. The molecule has 0 aliphatic carbocycles. The molecule has 0 spiro atoms. The van der Waals surface area contributed by atoms with Crippen molar-refractivity contribution < 1.29 is 4.79 Å². The maximum atomic E-state index is 10.9. The molecule has 66 valence electrons. The molecule has 0 aliphatic rings. The van der Waals surface area contributed by atoms with Crippen LogP contribution in [0.15, 0.2) is 22.4 Å². The Hall–Kier alpha value is -0.800. The Bertz CT molecular complexity index is 471. The summed E-state index contributed by atoms with van der Waals surface area (Å²) in [5.41, 5.74) is 1.73. The van der Waals surface area contributed by atoms with Crippen LogP contribution >= 0.6 is 24.0 Å². The number of thiol groups is 1. The first kappa shape index (κ1) is 8.78. The van der Waals surface area contributed by atoms with Crippen molar-refractivity contribution in [3.63, 3.8) is 0 Å². The number of benzene rings is 1. The fraction of sp³-hybridized carbons (Fsp3) is 0.100. The summed E-state index contributed by atoms with van der Waals surface area (Å²) < 4.78 is 1.12. The van der Waals surface area contributed by atoms with Gasteiger partial charge in [-0.1, -0.05) is 0 Å². The van der Waals surface area contributed by atoms with Crippen molar-refractivity contribution in [1.82, 2.24) is 0 Å². The second kappa shape index (κ2) is 3.16. The second-order valence-electron chi connectivity index (χ2n) is 2.88. The summed E-state index contributed by atoms with van der Waals surface area (Å²) in [4.78, 5) is 11.7. The van der Waals surface area contributed by atoms with Crippen LogP contribution in [0.4, 0.5) is 0 Å². The van der Waals surface area contributed by atoms with Crippen molar-refractivity contribution in [2.24, 2.45) is 0 Å². The third kappa shape index (κ3) is 1.28. The van der Waals surface area contributed by atoms with Gasteiger partial charge in [-0.2, -0.15) is 0 Å². The highest BCUT2D eigenvalue weighted by Crippen LogP contribution is 2.29. The van der Waals surface area contributed by atoms with Crippen molar-refractivity contribution in [2.75, 3.05) is 0 Å². The largest absolute Gasteiger partial charge is 0.298 e. The summed E-state index contributed by atoms with van der Waals surface area (Å²) in [7, 11) is 0. The van der Waals surface area contributed by atoms with Gasteiger partial charge in [0.2, 0.25) is 0 Å². The minimum Gasteiger partial charge on any atom is -0.298 e. The molecule has 0 bridgehead atoms. The van der Waals surface area contributed by atoms with E-state index in [0.717, 1.165) is 32.4 Å². The number of thiophene rings is 1. The zero-order chi connectivity index (χ0) is 9.42. The Morgan fingerprint density at radius 3 is 3.00 bits per heavy atom. The molecule has 13 heavy (non-hydrogen) atoms. The van der Waals surface area contributed by atoms with Crippen LogP contribution in [0.3, 0.4) is 0 Å². The van der Waals surface area contributed by atoms with E-state index in [4.69, 9.17) is 0 Å². The van der Waals surface area contributed by atoms with E-state index in [1.165, 1.54) is 0 Å². The summed E-state index contributed by atoms with van der Waals surface area (Å²) in [5.74, 6) is 0. The van der Waals surface area contributed by atoms with Crippen LogP contribution in [0.1, 0.15) is 15.9 Å². The topological polar surface area (TPSA) is 17.1 Å².